The summed E-state index contributed by atoms with van der Waals surface area (Å²) in [6.45, 7) is 3.17. The van der Waals surface area contributed by atoms with Gasteiger partial charge in [-0.2, -0.15) is 5.10 Å². The normalized spacial score (nSPS) is 17.5. The summed E-state index contributed by atoms with van der Waals surface area (Å²) >= 11 is 0. The summed E-state index contributed by atoms with van der Waals surface area (Å²) in [6, 6.07) is 9.28. The molecular weight excluding hydrogens is 420 g/mol. The van der Waals surface area contributed by atoms with Crippen LogP contribution in [0.15, 0.2) is 42.7 Å². The smallest absolute Gasteiger partial charge is 0.244 e. The molecule has 1 fully saturated rings. The van der Waals surface area contributed by atoms with E-state index in [0.29, 0.717) is 24.7 Å². The maximum atomic E-state index is 13.0. The van der Waals surface area contributed by atoms with Gasteiger partial charge < -0.3 is 9.64 Å². The van der Waals surface area contributed by atoms with Crippen LogP contribution in [0.4, 0.5) is 5.82 Å². The van der Waals surface area contributed by atoms with Gasteiger partial charge in [0, 0.05) is 30.2 Å². The number of hydrogen-bond donors (Lipinski definition) is 0. The average Bonchev–Trinajstić information content (AvgIpc) is 3.56. The molecule has 0 bridgehead atoms. The molecule has 2 amide bonds. The van der Waals surface area contributed by atoms with Crippen molar-refractivity contribution in [2.75, 3.05) is 18.6 Å². The molecule has 1 atom stereocenters. The summed E-state index contributed by atoms with van der Waals surface area (Å²) in [5.74, 6) is 1.99. The van der Waals surface area contributed by atoms with Gasteiger partial charge in [0.25, 0.3) is 0 Å². The van der Waals surface area contributed by atoms with Crippen LogP contribution in [-0.2, 0) is 29.1 Å². The van der Waals surface area contributed by atoms with Gasteiger partial charge in [0.1, 0.15) is 18.1 Å². The van der Waals surface area contributed by atoms with Crippen LogP contribution in [0.2, 0.25) is 0 Å². The van der Waals surface area contributed by atoms with Crippen molar-refractivity contribution in [2.45, 2.75) is 45.3 Å². The minimum Gasteiger partial charge on any atom is -0.497 e. The van der Waals surface area contributed by atoms with E-state index in [9.17, 15) is 9.59 Å². The third kappa shape index (κ3) is 4.06. The van der Waals surface area contributed by atoms with Crippen molar-refractivity contribution in [2.24, 2.45) is 0 Å². The third-order valence-corrected chi connectivity index (χ3v) is 6.30. The Bertz CT molecular complexity index is 1190. The highest BCUT2D eigenvalue weighted by atomic mass is 16.5. The Balaban J connectivity index is 1.43. The van der Waals surface area contributed by atoms with Crippen molar-refractivity contribution in [3.05, 3.63) is 65.4 Å². The summed E-state index contributed by atoms with van der Waals surface area (Å²) in [4.78, 5) is 39.0. The van der Waals surface area contributed by atoms with Gasteiger partial charge in [-0.25, -0.2) is 9.97 Å². The number of ether oxygens (including phenoxy) is 1. The zero-order chi connectivity index (χ0) is 22.9. The zero-order valence-corrected chi connectivity index (χ0v) is 18.8. The summed E-state index contributed by atoms with van der Waals surface area (Å²) in [6.07, 6.45) is 5.42. The lowest BCUT2D eigenvalue weighted by Gasteiger charge is -2.25. The SMILES string of the molecule is COc1cccc(CN2C(=O)Cc3c(C)nc([C@@H]4CCCN4C(=O)Cn4cccn4)nc32)c1. The molecule has 170 valence electrons. The quantitative estimate of drug-likeness (QED) is 0.577. The van der Waals surface area contributed by atoms with Gasteiger partial charge in [0.2, 0.25) is 11.8 Å². The molecule has 0 radical (unpaired) electrons. The monoisotopic (exact) mass is 446 g/mol. The van der Waals surface area contributed by atoms with Crippen LogP contribution in [0.5, 0.6) is 5.75 Å². The van der Waals surface area contributed by atoms with Gasteiger partial charge in [-0.15, -0.1) is 0 Å². The number of likely N-dealkylation sites (tertiary alicyclic amines) is 1. The lowest BCUT2D eigenvalue weighted by Crippen LogP contribution is -2.34. The number of benzene rings is 1. The van der Waals surface area contributed by atoms with Crippen molar-refractivity contribution in [1.82, 2.24) is 24.6 Å². The zero-order valence-electron chi connectivity index (χ0n) is 18.8. The molecule has 0 spiro atoms. The number of nitrogens with zero attached hydrogens (tertiary/aromatic N) is 6. The van der Waals surface area contributed by atoms with E-state index >= 15 is 0 Å². The number of rotatable bonds is 6. The maximum Gasteiger partial charge on any atom is 0.244 e. The Morgan fingerprint density at radius 3 is 2.91 bits per heavy atom. The number of aryl methyl sites for hydroxylation is 1. The van der Waals surface area contributed by atoms with Gasteiger partial charge in [-0.3, -0.25) is 19.2 Å². The highest BCUT2D eigenvalue weighted by molar-refractivity contribution is 6.00. The van der Waals surface area contributed by atoms with Gasteiger partial charge in [0.05, 0.1) is 26.1 Å². The van der Waals surface area contributed by atoms with Crippen molar-refractivity contribution in [1.29, 1.82) is 0 Å². The van der Waals surface area contributed by atoms with E-state index in [1.165, 1.54) is 0 Å². The second kappa shape index (κ2) is 8.65. The van der Waals surface area contributed by atoms with E-state index in [1.807, 2.05) is 36.1 Å². The molecule has 9 nitrogen and oxygen atoms in total. The van der Waals surface area contributed by atoms with Crippen molar-refractivity contribution >= 4 is 17.6 Å². The molecule has 0 aliphatic carbocycles. The summed E-state index contributed by atoms with van der Waals surface area (Å²) < 4.78 is 6.95. The van der Waals surface area contributed by atoms with E-state index < -0.39 is 0 Å². The van der Waals surface area contributed by atoms with Crippen LogP contribution >= 0.6 is 0 Å². The van der Waals surface area contributed by atoms with E-state index in [-0.39, 0.29) is 30.8 Å². The molecule has 5 rings (SSSR count). The Labute approximate surface area is 192 Å². The van der Waals surface area contributed by atoms with Gasteiger partial charge in [0.15, 0.2) is 5.82 Å². The number of carbonyl (C=O) groups is 2. The second-order valence-corrected chi connectivity index (χ2v) is 8.43. The predicted molar refractivity (Wildman–Crippen MR) is 121 cm³/mol. The Morgan fingerprint density at radius 2 is 2.12 bits per heavy atom. The standard InChI is InChI=1S/C24H26N6O3/c1-16-19-13-21(31)30(14-17-6-3-7-18(12-17)33-2)24(19)27-23(26-16)20-8-4-11-29(20)22(32)15-28-10-5-9-25-28/h3,5-7,9-10,12,20H,4,8,11,13-15H2,1-2H3/t20-/m0/s1. The molecule has 1 aromatic carbocycles. The fourth-order valence-corrected chi connectivity index (χ4v) is 4.62. The minimum atomic E-state index is -0.202. The number of carbonyl (C=O) groups excluding carboxylic acids is 2. The molecular formula is C24H26N6O3. The van der Waals surface area contributed by atoms with Crippen LogP contribution in [0.3, 0.4) is 0 Å². The molecule has 4 heterocycles. The average molecular weight is 447 g/mol. The van der Waals surface area contributed by atoms with E-state index in [2.05, 4.69) is 5.10 Å². The molecule has 2 aromatic heterocycles. The first-order chi connectivity index (χ1) is 16.0. The minimum absolute atomic E-state index is 0.000376. The van der Waals surface area contributed by atoms with Crippen molar-refractivity contribution in [3.8, 4) is 5.75 Å². The number of anilines is 1. The van der Waals surface area contributed by atoms with Crippen LogP contribution in [0.1, 0.15) is 41.5 Å². The Kier molecular flexibility index (Phi) is 5.53. The predicted octanol–water partition coefficient (Wildman–Crippen LogP) is 2.44. The fraction of sp³-hybridized carbons (Fsp3) is 0.375. The molecule has 9 heteroatoms. The topological polar surface area (TPSA) is 93.5 Å². The molecule has 3 aromatic rings. The lowest BCUT2D eigenvalue weighted by atomic mass is 10.1. The van der Waals surface area contributed by atoms with Crippen LogP contribution in [-0.4, -0.2) is 50.1 Å². The third-order valence-electron chi connectivity index (χ3n) is 6.30. The molecule has 33 heavy (non-hydrogen) atoms. The van der Waals surface area contributed by atoms with Crippen molar-refractivity contribution in [3.63, 3.8) is 0 Å². The first-order valence-electron chi connectivity index (χ1n) is 11.1. The largest absolute Gasteiger partial charge is 0.497 e. The molecule has 1 saturated heterocycles. The summed E-state index contributed by atoms with van der Waals surface area (Å²) in [5, 5.41) is 4.14. The number of amides is 2. The maximum absolute atomic E-state index is 13.0. The molecule has 2 aliphatic rings. The van der Waals surface area contributed by atoms with E-state index in [1.54, 1.807) is 35.2 Å². The van der Waals surface area contributed by atoms with Gasteiger partial charge in [-0.05, 0) is 43.5 Å². The van der Waals surface area contributed by atoms with Crippen molar-refractivity contribution < 1.29 is 14.3 Å². The van der Waals surface area contributed by atoms with Crippen LogP contribution in [0.25, 0.3) is 0 Å². The molecule has 0 unspecified atom stereocenters. The second-order valence-electron chi connectivity index (χ2n) is 8.43. The Morgan fingerprint density at radius 1 is 1.24 bits per heavy atom. The summed E-state index contributed by atoms with van der Waals surface area (Å²) in [7, 11) is 1.62. The van der Waals surface area contributed by atoms with Gasteiger partial charge >= 0.3 is 0 Å². The van der Waals surface area contributed by atoms with Crippen LogP contribution < -0.4 is 9.64 Å². The first-order valence-corrected chi connectivity index (χ1v) is 11.1. The highest BCUT2D eigenvalue weighted by Gasteiger charge is 2.36. The molecule has 0 saturated carbocycles. The summed E-state index contributed by atoms with van der Waals surface area (Å²) in [5.41, 5.74) is 2.62. The molecule has 0 N–H and O–H groups in total. The lowest BCUT2D eigenvalue weighted by molar-refractivity contribution is -0.133. The first kappa shape index (κ1) is 21.1. The van der Waals surface area contributed by atoms with E-state index in [0.717, 1.165) is 35.4 Å². The Hall–Kier alpha value is -3.75. The number of hydrogen-bond acceptors (Lipinski definition) is 6. The highest BCUT2D eigenvalue weighted by Crippen LogP contribution is 2.35. The number of aromatic nitrogens is 4. The number of fused-ring (bicyclic) bond motifs is 1. The fourth-order valence-electron chi connectivity index (χ4n) is 4.62. The van der Waals surface area contributed by atoms with E-state index in [4.69, 9.17) is 14.7 Å². The molecule has 2 aliphatic heterocycles. The van der Waals surface area contributed by atoms with Gasteiger partial charge in [-0.1, -0.05) is 12.1 Å². The van der Waals surface area contributed by atoms with Crippen LogP contribution in [0, 0.1) is 6.92 Å². The number of methoxy groups -OCH3 is 1.